The standard InChI is InChI=1S/C13H12BrF3N2S/c14-10-4-3-8(5-9(10)13(15,16)17)19-12-18-6-11(20-12)7-1-2-7/h3-5,7,11H,1-2,6H2,(H,18,19). The molecule has 0 bridgehead atoms. The predicted octanol–water partition coefficient (Wildman–Crippen LogP) is 4.76. The van der Waals surface area contributed by atoms with E-state index in [1.54, 1.807) is 17.8 Å². The first-order chi connectivity index (χ1) is 9.43. The maximum atomic E-state index is 12.8. The highest BCUT2D eigenvalue weighted by Gasteiger charge is 2.36. The zero-order valence-corrected chi connectivity index (χ0v) is 12.8. The largest absolute Gasteiger partial charge is 0.417 e. The highest BCUT2D eigenvalue weighted by Crippen LogP contribution is 2.42. The van der Waals surface area contributed by atoms with Crippen LogP contribution in [0.5, 0.6) is 0 Å². The topological polar surface area (TPSA) is 24.4 Å². The molecular weight excluding hydrogens is 353 g/mol. The summed E-state index contributed by atoms with van der Waals surface area (Å²) in [6, 6.07) is 4.13. The molecule has 20 heavy (non-hydrogen) atoms. The van der Waals surface area contributed by atoms with Crippen molar-refractivity contribution < 1.29 is 13.2 Å². The molecule has 1 unspecified atom stereocenters. The van der Waals surface area contributed by atoms with E-state index in [1.165, 1.54) is 18.9 Å². The van der Waals surface area contributed by atoms with Crippen molar-refractivity contribution in [3.8, 4) is 0 Å². The van der Waals surface area contributed by atoms with Crippen LogP contribution in [0.1, 0.15) is 18.4 Å². The Bertz CT molecular complexity index is 555. The van der Waals surface area contributed by atoms with Crippen molar-refractivity contribution in [2.24, 2.45) is 10.9 Å². The lowest BCUT2D eigenvalue weighted by atomic mass is 10.2. The van der Waals surface area contributed by atoms with E-state index in [-0.39, 0.29) is 4.47 Å². The van der Waals surface area contributed by atoms with E-state index in [0.29, 0.717) is 10.9 Å². The molecule has 1 heterocycles. The van der Waals surface area contributed by atoms with E-state index in [9.17, 15) is 13.2 Å². The first-order valence-corrected chi connectivity index (χ1v) is 7.95. The highest BCUT2D eigenvalue weighted by atomic mass is 79.9. The summed E-state index contributed by atoms with van der Waals surface area (Å²) < 4.78 is 38.5. The molecule has 1 aliphatic carbocycles. The molecule has 1 aliphatic heterocycles. The number of halogens is 4. The van der Waals surface area contributed by atoms with Crippen LogP contribution >= 0.6 is 27.7 Å². The molecule has 3 rings (SSSR count). The molecule has 0 spiro atoms. The third kappa shape index (κ3) is 3.14. The van der Waals surface area contributed by atoms with Crippen LogP contribution in [0.2, 0.25) is 0 Å². The molecule has 1 fully saturated rings. The van der Waals surface area contributed by atoms with Crippen molar-refractivity contribution in [3.05, 3.63) is 28.2 Å². The highest BCUT2D eigenvalue weighted by molar-refractivity contribution is 9.10. The minimum absolute atomic E-state index is 0.0485. The molecule has 1 aromatic rings. The number of thioether (sulfide) groups is 1. The predicted molar refractivity (Wildman–Crippen MR) is 79.2 cm³/mol. The number of hydrogen-bond acceptors (Lipinski definition) is 3. The molecule has 1 saturated carbocycles. The number of hydrogen-bond donors (Lipinski definition) is 1. The number of amidine groups is 1. The average Bonchev–Trinajstić information content (AvgIpc) is 3.12. The molecule has 0 amide bonds. The van der Waals surface area contributed by atoms with Crippen LogP contribution < -0.4 is 5.32 Å². The number of anilines is 1. The van der Waals surface area contributed by atoms with E-state index in [2.05, 4.69) is 26.2 Å². The van der Waals surface area contributed by atoms with Crippen LogP contribution in [0.25, 0.3) is 0 Å². The van der Waals surface area contributed by atoms with Crippen molar-refractivity contribution in [1.29, 1.82) is 0 Å². The van der Waals surface area contributed by atoms with Gasteiger partial charge < -0.3 is 5.32 Å². The summed E-state index contributed by atoms with van der Waals surface area (Å²) in [5.74, 6) is 0.735. The zero-order valence-electron chi connectivity index (χ0n) is 10.4. The minimum atomic E-state index is -4.36. The zero-order chi connectivity index (χ0) is 14.3. The molecule has 108 valence electrons. The summed E-state index contributed by atoms with van der Waals surface area (Å²) in [6.45, 7) is 0.764. The van der Waals surface area contributed by atoms with Crippen LogP contribution in [0.3, 0.4) is 0 Å². The van der Waals surface area contributed by atoms with Crippen molar-refractivity contribution in [2.45, 2.75) is 24.3 Å². The molecule has 1 atom stereocenters. The summed E-state index contributed by atoms with van der Waals surface area (Å²) in [5, 5.41) is 4.20. The lowest BCUT2D eigenvalue weighted by molar-refractivity contribution is -0.138. The fourth-order valence-electron chi connectivity index (χ4n) is 2.12. The second-order valence-corrected chi connectivity index (χ2v) is 7.04. The first kappa shape index (κ1) is 14.3. The number of nitrogens with zero attached hydrogens (tertiary/aromatic N) is 1. The van der Waals surface area contributed by atoms with Gasteiger partial charge in [0.15, 0.2) is 5.17 Å². The Morgan fingerprint density at radius 1 is 1.30 bits per heavy atom. The average molecular weight is 365 g/mol. The summed E-state index contributed by atoms with van der Waals surface area (Å²) in [5.41, 5.74) is -0.256. The van der Waals surface area contributed by atoms with Gasteiger partial charge >= 0.3 is 6.18 Å². The number of aliphatic imine (C=N–C) groups is 1. The van der Waals surface area contributed by atoms with E-state index in [0.717, 1.165) is 23.7 Å². The quantitative estimate of drug-likeness (QED) is 0.817. The fourth-order valence-corrected chi connectivity index (χ4v) is 3.81. The normalized spacial score (nSPS) is 22.8. The SMILES string of the molecule is FC(F)(F)c1cc(NC2=NCC(C3CC3)S2)ccc1Br. The monoisotopic (exact) mass is 364 g/mol. The molecule has 0 radical (unpaired) electrons. The first-order valence-electron chi connectivity index (χ1n) is 6.28. The molecular formula is C13H12BrF3N2S. The molecule has 0 aromatic heterocycles. The van der Waals surface area contributed by atoms with Crippen molar-refractivity contribution in [3.63, 3.8) is 0 Å². The number of alkyl halides is 3. The third-order valence-corrected chi connectivity index (χ3v) is 5.33. The molecule has 2 nitrogen and oxygen atoms in total. The second kappa shape index (κ2) is 5.26. The number of nitrogens with one attached hydrogen (secondary N) is 1. The Labute approximate surface area is 127 Å². The van der Waals surface area contributed by atoms with Crippen LogP contribution in [0.15, 0.2) is 27.7 Å². The van der Waals surface area contributed by atoms with E-state index >= 15 is 0 Å². The Kier molecular flexibility index (Phi) is 3.75. The summed E-state index contributed by atoms with van der Waals surface area (Å²) in [6.07, 6.45) is -1.87. The third-order valence-electron chi connectivity index (χ3n) is 3.35. The molecule has 2 aliphatic rings. The van der Waals surface area contributed by atoms with Gasteiger partial charge in [0.2, 0.25) is 0 Å². The molecule has 0 saturated heterocycles. The smallest absolute Gasteiger partial charge is 0.335 e. The van der Waals surface area contributed by atoms with Gasteiger partial charge in [0.25, 0.3) is 0 Å². The Balaban J connectivity index is 1.72. The second-order valence-electron chi connectivity index (χ2n) is 4.96. The van der Waals surface area contributed by atoms with Gasteiger partial charge in [0, 0.05) is 15.4 Å². The molecule has 7 heteroatoms. The Hall–Kier alpha value is -0.690. The Morgan fingerprint density at radius 2 is 2.05 bits per heavy atom. The van der Waals surface area contributed by atoms with Gasteiger partial charge in [-0.25, -0.2) is 0 Å². The van der Waals surface area contributed by atoms with Gasteiger partial charge in [-0.05, 0) is 37.0 Å². The summed E-state index contributed by atoms with van der Waals surface area (Å²) in [4.78, 5) is 4.36. The minimum Gasteiger partial charge on any atom is -0.335 e. The van der Waals surface area contributed by atoms with Gasteiger partial charge in [0.05, 0.1) is 12.1 Å². The van der Waals surface area contributed by atoms with Crippen LogP contribution in [0.4, 0.5) is 18.9 Å². The fraction of sp³-hybridized carbons (Fsp3) is 0.462. The van der Waals surface area contributed by atoms with Gasteiger partial charge in [-0.2, -0.15) is 13.2 Å². The lowest BCUT2D eigenvalue weighted by Gasteiger charge is -2.12. The van der Waals surface area contributed by atoms with Gasteiger partial charge in [0.1, 0.15) is 0 Å². The van der Waals surface area contributed by atoms with Crippen molar-refractivity contribution in [2.75, 3.05) is 11.9 Å². The van der Waals surface area contributed by atoms with E-state index in [1.807, 2.05) is 0 Å². The van der Waals surface area contributed by atoms with Gasteiger partial charge in [-0.3, -0.25) is 4.99 Å². The summed E-state index contributed by atoms with van der Waals surface area (Å²) >= 11 is 4.57. The van der Waals surface area contributed by atoms with Gasteiger partial charge in [-0.15, -0.1) is 0 Å². The van der Waals surface area contributed by atoms with Crippen molar-refractivity contribution in [1.82, 2.24) is 0 Å². The van der Waals surface area contributed by atoms with E-state index < -0.39 is 11.7 Å². The van der Waals surface area contributed by atoms with E-state index in [4.69, 9.17) is 0 Å². The van der Waals surface area contributed by atoms with Crippen LogP contribution in [-0.4, -0.2) is 17.0 Å². The van der Waals surface area contributed by atoms with Crippen LogP contribution in [-0.2, 0) is 6.18 Å². The lowest BCUT2D eigenvalue weighted by Crippen LogP contribution is -2.11. The molecule has 1 N–H and O–H groups in total. The number of rotatable bonds is 2. The Morgan fingerprint density at radius 3 is 2.70 bits per heavy atom. The maximum absolute atomic E-state index is 12.8. The summed E-state index contributed by atoms with van der Waals surface area (Å²) in [7, 11) is 0. The number of benzene rings is 1. The van der Waals surface area contributed by atoms with Crippen LogP contribution in [0, 0.1) is 5.92 Å². The van der Waals surface area contributed by atoms with Gasteiger partial charge in [-0.1, -0.05) is 27.7 Å². The maximum Gasteiger partial charge on any atom is 0.417 e. The van der Waals surface area contributed by atoms with Crippen molar-refractivity contribution >= 4 is 38.5 Å². The molecule has 1 aromatic carbocycles.